The summed E-state index contributed by atoms with van der Waals surface area (Å²) in [6.07, 6.45) is 6.53. The molecule has 1 saturated heterocycles. The van der Waals surface area contributed by atoms with Crippen LogP contribution in [0.25, 0.3) is 0 Å². The number of fused-ring (bicyclic) bond motifs is 1. The van der Waals surface area contributed by atoms with Gasteiger partial charge >= 0.3 is 0 Å². The lowest BCUT2D eigenvalue weighted by Crippen LogP contribution is -2.49. The van der Waals surface area contributed by atoms with E-state index in [2.05, 4.69) is 27.1 Å². The minimum Gasteiger partial charge on any atom is -0.489 e. The Morgan fingerprint density at radius 1 is 1.14 bits per heavy atom. The van der Waals surface area contributed by atoms with E-state index in [0.717, 1.165) is 31.6 Å². The summed E-state index contributed by atoms with van der Waals surface area (Å²) in [6, 6.07) is 11.3. The van der Waals surface area contributed by atoms with E-state index in [1.807, 2.05) is 12.1 Å². The molecule has 0 spiro atoms. The van der Waals surface area contributed by atoms with Crippen molar-refractivity contribution >= 4 is 17.5 Å². The number of amides is 2. The quantitative estimate of drug-likeness (QED) is 0.551. The Balaban J connectivity index is 1.27. The number of hydrogen-bond donors (Lipinski definition) is 1. The van der Waals surface area contributed by atoms with Gasteiger partial charge in [0.05, 0.1) is 11.9 Å². The van der Waals surface area contributed by atoms with Crippen molar-refractivity contribution in [1.82, 2.24) is 15.3 Å². The van der Waals surface area contributed by atoms with E-state index in [0.29, 0.717) is 28.9 Å². The zero-order chi connectivity index (χ0) is 25.6. The normalized spacial score (nSPS) is 17.5. The summed E-state index contributed by atoms with van der Waals surface area (Å²) in [5.41, 5.74) is 1.51. The molecule has 2 aromatic heterocycles. The van der Waals surface area contributed by atoms with Gasteiger partial charge in [-0.1, -0.05) is 11.8 Å². The molecule has 37 heavy (non-hydrogen) atoms. The van der Waals surface area contributed by atoms with E-state index >= 15 is 0 Å². The van der Waals surface area contributed by atoms with Gasteiger partial charge in [0.15, 0.2) is 0 Å². The fourth-order valence-corrected chi connectivity index (χ4v) is 4.08. The second-order valence-electron chi connectivity index (χ2n) is 8.74. The second-order valence-corrected chi connectivity index (χ2v) is 8.74. The lowest BCUT2D eigenvalue weighted by atomic mass is 10.0. The van der Waals surface area contributed by atoms with Crippen molar-refractivity contribution in [3.63, 3.8) is 0 Å². The maximum atomic E-state index is 13.2. The van der Waals surface area contributed by atoms with Gasteiger partial charge in [-0.05, 0) is 49.2 Å². The Hall–Kier alpha value is -4.42. The van der Waals surface area contributed by atoms with Gasteiger partial charge in [-0.3, -0.25) is 19.6 Å². The number of aromatic nitrogens is 2. The first-order valence-electron chi connectivity index (χ1n) is 12.1. The molecule has 188 valence electrons. The number of nitrogens with one attached hydrogen (secondary N) is 1. The fourth-order valence-electron chi connectivity index (χ4n) is 4.08. The van der Waals surface area contributed by atoms with Gasteiger partial charge in [-0.25, -0.2) is 0 Å². The average Bonchev–Trinajstić information content (AvgIpc) is 3.05. The van der Waals surface area contributed by atoms with Gasteiger partial charge in [-0.15, -0.1) is 0 Å². The van der Waals surface area contributed by atoms with Crippen LogP contribution in [0.3, 0.4) is 0 Å². The molecule has 0 bridgehead atoms. The third-order valence-corrected chi connectivity index (χ3v) is 6.14. The highest BCUT2D eigenvalue weighted by Gasteiger charge is 2.31. The molecule has 0 saturated carbocycles. The molecule has 5 rings (SSSR count). The van der Waals surface area contributed by atoms with E-state index < -0.39 is 11.9 Å². The number of hydrogen-bond acceptors (Lipinski definition) is 7. The van der Waals surface area contributed by atoms with Crippen LogP contribution < -0.4 is 19.7 Å². The van der Waals surface area contributed by atoms with Crippen LogP contribution >= 0.6 is 0 Å². The Bertz CT molecular complexity index is 1350. The largest absolute Gasteiger partial charge is 0.489 e. The first-order chi connectivity index (χ1) is 18.1. The Labute approximate surface area is 214 Å². The van der Waals surface area contributed by atoms with Gasteiger partial charge in [0.2, 0.25) is 0 Å². The maximum absolute atomic E-state index is 13.2. The van der Waals surface area contributed by atoms with Crippen LogP contribution in [0.4, 0.5) is 5.69 Å². The summed E-state index contributed by atoms with van der Waals surface area (Å²) >= 11 is 0. The molecule has 1 aromatic carbocycles. The molecular weight excluding hydrogens is 472 g/mol. The first kappa shape index (κ1) is 24.3. The summed E-state index contributed by atoms with van der Waals surface area (Å²) in [7, 11) is 1.66. The number of carbonyl (C=O) groups is 2. The van der Waals surface area contributed by atoms with E-state index in [-0.39, 0.29) is 18.2 Å². The molecule has 0 aliphatic carbocycles. The number of pyridine rings is 2. The third kappa shape index (κ3) is 5.88. The average molecular weight is 499 g/mol. The van der Waals surface area contributed by atoms with Crippen molar-refractivity contribution in [1.29, 1.82) is 0 Å². The zero-order valence-electron chi connectivity index (χ0n) is 20.3. The molecule has 2 aliphatic rings. The SMILES string of the molecule is CN1C(=O)C(NC(=O)c2cc(Oc3cccnc3)ccn2)COc2ccc(C#CC3CCOCC3)cc21. The Morgan fingerprint density at radius 3 is 2.81 bits per heavy atom. The minimum atomic E-state index is -0.897. The number of carbonyl (C=O) groups excluding carboxylic acids is 2. The zero-order valence-corrected chi connectivity index (χ0v) is 20.3. The van der Waals surface area contributed by atoms with Gasteiger partial charge in [0.25, 0.3) is 11.8 Å². The molecule has 1 N–H and O–H groups in total. The standard InChI is InChI=1S/C28H26N4O5/c1-32-25-15-20(5-4-19-9-13-35-14-10-19)6-7-26(25)36-18-24(28(32)34)31-27(33)23-16-21(8-12-30-23)37-22-3-2-11-29-17-22/h2-3,6-8,11-12,15-17,19,24H,9-10,13-14,18H2,1H3,(H,31,33). The summed E-state index contributed by atoms with van der Waals surface area (Å²) in [5.74, 6) is 7.53. The molecule has 4 heterocycles. The highest BCUT2D eigenvalue weighted by atomic mass is 16.5. The van der Waals surface area contributed by atoms with Crippen molar-refractivity contribution in [2.24, 2.45) is 5.92 Å². The number of anilines is 1. The number of rotatable bonds is 4. The molecule has 0 radical (unpaired) electrons. The van der Waals surface area contributed by atoms with Crippen LogP contribution in [-0.4, -0.2) is 54.7 Å². The number of likely N-dealkylation sites (N-methyl/N-ethyl adjacent to an activating group) is 1. The van der Waals surface area contributed by atoms with E-state index in [9.17, 15) is 9.59 Å². The minimum absolute atomic E-state index is 0.0130. The first-order valence-corrected chi connectivity index (χ1v) is 12.1. The molecule has 9 nitrogen and oxygen atoms in total. The van der Waals surface area contributed by atoms with Crippen molar-refractivity contribution in [2.45, 2.75) is 18.9 Å². The molecule has 9 heteroatoms. The van der Waals surface area contributed by atoms with Crippen LogP contribution in [0.15, 0.2) is 61.1 Å². The highest BCUT2D eigenvalue weighted by molar-refractivity contribution is 6.03. The van der Waals surface area contributed by atoms with Gasteiger partial charge in [0, 0.05) is 50.2 Å². The molecule has 2 aliphatic heterocycles. The second kappa shape index (κ2) is 11.1. The lowest BCUT2D eigenvalue weighted by Gasteiger charge is -2.20. The Kier molecular flexibility index (Phi) is 7.28. The van der Waals surface area contributed by atoms with Crippen molar-refractivity contribution in [3.8, 4) is 29.1 Å². The predicted molar refractivity (Wildman–Crippen MR) is 136 cm³/mol. The van der Waals surface area contributed by atoms with Crippen molar-refractivity contribution in [2.75, 3.05) is 31.8 Å². The van der Waals surface area contributed by atoms with Crippen LogP contribution in [-0.2, 0) is 9.53 Å². The fraction of sp³-hybridized carbons (Fsp3) is 0.286. The molecule has 2 amide bonds. The maximum Gasteiger partial charge on any atom is 0.270 e. The summed E-state index contributed by atoms with van der Waals surface area (Å²) in [6.45, 7) is 1.46. The van der Waals surface area contributed by atoms with E-state index in [1.54, 1.807) is 43.7 Å². The Morgan fingerprint density at radius 2 is 2.00 bits per heavy atom. The summed E-state index contributed by atoms with van der Waals surface area (Å²) in [5, 5.41) is 2.74. The van der Waals surface area contributed by atoms with E-state index in [4.69, 9.17) is 14.2 Å². The lowest BCUT2D eigenvalue weighted by molar-refractivity contribution is -0.120. The van der Waals surface area contributed by atoms with Crippen LogP contribution in [0.1, 0.15) is 28.9 Å². The van der Waals surface area contributed by atoms with E-state index in [1.165, 1.54) is 17.2 Å². The molecule has 3 aromatic rings. The van der Waals surface area contributed by atoms with Gasteiger partial charge < -0.3 is 24.4 Å². The molecular formula is C28H26N4O5. The molecule has 1 atom stereocenters. The van der Waals surface area contributed by atoms with Crippen LogP contribution in [0.2, 0.25) is 0 Å². The number of ether oxygens (including phenoxy) is 3. The predicted octanol–water partition coefficient (Wildman–Crippen LogP) is 3.20. The van der Waals surface area contributed by atoms with Crippen LogP contribution in [0.5, 0.6) is 17.2 Å². The molecule has 1 fully saturated rings. The summed E-state index contributed by atoms with van der Waals surface area (Å²) < 4.78 is 17.0. The highest BCUT2D eigenvalue weighted by Crippen LogP contribution is 2.31. The third-order valence-electron chi connectivity index (χ3n) is 6.14. The van der Waals surface area contributed by atoms with Gasteiger partial charge in [-0.2, -0.15) is 0 Å². The van der Waals surface area contributed by atoms with Gasteiger partial charge in [0.1, 0.15) is 35.6 Å². The molecule has 1 unspecified atom stereocenters. The number of nitrogens with zero attached hydrogens (tertiary/aromatic N) is 3. The smallest absolute Gasteiger partial charge is 0.270 e. The summed E-state index contributed by atoms with van der Waals surface area (Å²) in [4.78, 5) is 35.8. The van der Waals surface area contributed by atoms with Crippen LogP contribution in [0, 0.1) is 17.8 Å². The van der Waals surface area contributed by atoms with Crippen molar-refractivity contribution in [3.05, 3.63) is 72.3 Å². The monoisotopic (exact) mass is 498 g/mol. The van der Waals surface area contributed by atoms with Crippen molar-refractivity contribution < 1.29 is 23.8 Å². The topological polar surface area (TPSA) is 103 Å². The number of benzene rings is 1.